The summed E-state index contributed by atoms with van der Waals surface area (Å²) in [4.78, 5) is 23.4. The van der Waals surface area contributed by atoms with Crippen LogP contribution in [0.2, 0.25) is 0 Å². The van der Waals surface area contributed by atoms with Gasteiger partial charge in [0.2, 0.25) is 5.91 Å². The van der Waals surface area contributed by atoms with Gasteiger partial charge in [-0.25, -0.2) is 15.0 Å². The van der Waals surface area contributed by atoms with Gasteiger partial charge in [0.25, 0.3) is 5.88 Å². The number of nitrogens with zero attached hydrogens (tertiary/aromatic N) is 4. The molecule has 4 N–H and O–H groups in total. The maximum Gasteiger partial charge on any atom is 0.256 e. The molecule has 0 atom stereocenters. The van der Waals surface area contributed by atoms with Crippen LogP contribution in [0.3, 0.4) is 0 Å². The van der Waals surface area contributed by atoms with Crippen molar-refractivity contribution in [2.45, 2.75) is 19.4 Å². The molecule has 0 saturated carbocycles. The predicted octanol–water partition coefficient (Wildman–Crippen LogP) is 0.680. The van der Waals surface area contributed by atoms with Crippen molar-refractivity contribution >= 4 is 30.3 Å². The van der Waals surface area contributed by atoms with Crippen LogP contribution in [-0.2, 0) is 16.0 Å². The molecule has 0 bridgehead atoms. The number of carbonyl (C=O) groups is 1. The number of hydrogen-bond donors (Lipinski definition) is 3. The molecule has 1 amide bonds. The standard InChI is InChI=1S/C17H21N7O2/c1-11(25)22-14-10-24-9-12(3-4-15(24)23-14)5-6-21-16(18)17(19-2)26-13-7-20-8-13/h3-4,6,9-10,13,20H,2,5,7-8,18H2,1H3,(H,22,25)/b17-16+,21-6-. The molecule has 2 aromatic heterocycles. The van der Waals surface area contributed by atoms with E-state index in [0.717, 1.165) is 24.3 Å². The summed E-state index contributed by atoms with van der Waals surface area (Å²) in [5.41, 5.74) is 7.66. The monoisotopic (exact) mass is 355 g/mol. The van der Waals surface area contributed by atoms with Gasteiger partial charge in [0, 0.05) is 38.8 Å². The Morgan fingerprint density at radius 1 is 1.54 bits per heavy atom. The van der Waals surface area contributed by atoms with Gasteiger partial charge in [-0.05, 0) is 18.3 Å². The zero-order chi connectivity index (χ0) is 18.5. The van der Waals surface area contributed by atoms with Gasteiger partial charge >= 0.3 is 0 Å². The molecule has 3 heterocycles. The Kier molecular flexibility index (Phi) is 5.28. The number of anilines is 1. The third-order valence-corrected chi connectivity index (χ3v) is 3.76. The quantitative estimate of drug-likeness (QED) is 0.498. The Hall–Kier alpha value is -3.20. The maximum atomic E-state index is 11.1. The molecule has 9 nitrogen and oxygen atoms in total. The second-order valence-corrected chi connectivity index (χ2v) is 5.87. The van der Waals surface area contributed by atoms with Gasteiger partial charge in [-0.1, -0.05) is 6.07 Å². The third-order valence-electron chi connectivity index (χ3n) is 3.76. The summed E-state index contributed by atoms with van der Waals surface area (Å²) >= 11 is 0. The lowest BCUT2D eigenvalue weighted by Gasteiger charge is -2.27. The minimum Gasteiger partial charge on any atom is -0.469 e. The number of ether oxygens (including phenoxy) is 1. The molecule has 0 aliphatic carbocycles. The van der Waals surface area contributed by atoms with Crippen LogP contribution in [0.5, 0.6) is 0 Å². The molecule has 1 aliphatic heterocycles. The first-order valence-electron chi connectivity index (χ1n) is 8.16. The van der Waals surface area contributed by atoms with E-state index < -0.39 is 0 Å². The molecule has 136 valence electrons. The average molecular weight is 355 g/mol. The highest BCUT2D eigenvalue weighted by atomic mass is 16.5. The number of rotatable bonds is 7. The Morgan fingerprint density at radius 3 is 3.00 bits per heavy atom. The molecule has 0 spiro atoms. The number of amides is 1. The summed E-state index contributed by atoms with van der Waals surface area (Å²) in [6, 6.07) is 3.81. The summed E-state index contributed by atoms with van der Waals surface area (Å²) < 4.78 is 7.44. The van der Waals surface area contributed by atoms with E-state index in [-0.39, 0.29) is 23.7 Å². The van der Waals surface area contributed by atoms with E-state index in [2.05, 4.69) is 32.3 Å². The summed E-state index contributed by atoms with van der Waals surface area (Å²) in [5, 5.41) is 5.76. The molecular formula is C17H21N7O2. The van der Waals surface area contributed by atoms with E-state index in [1.807, 2.05) is 22.7 Å². The average Bonchev–Trinajstić information content (AvgIpc) is 2.94. The lowest BCUT2D eigenvalue weighted by atomic mass is 10.2. The highest BCUT2D eigenvalue weighted by molar-refractivity contribution is 5.87. The van der Waals surface area contributed by atoms with Gasteiger partial charge in [-0.3, -0.25) is 4.79 Å². The normalized spacial score (nSPS) is 15.6. The number of fused-ring (bicyclic) bond motifs is 1. The zero-order valence-electron chi connectivity index (χ0n) is 14.5. The lowest BCUT2D eigenvalue weighted by molar-refractivity contribution is -0.114. The second-order valence-electron chi connectivity index (χ2n) is 5.87. The van der Waals surface area contributed by atoms with Crippen molar-refractivity contribution in [1.82, 2.24) is 14.7 Å². The van der Waals surface area contributed by atoms with Crippen molar-refractivity contribution < 1.29 is 9.53 Å². The molecule has 26 heavy (non-hydrogen) atoms. The largest absolute Gasteiger partial charge is 0.469 e. The van der Waals surface area contributed by atoms with E-state index in [9.17, 15) is 4.79 Å². The zero-order valence-corrected chi connectivity index (χ0v) is 14.5. The molecule has 0 aromatic carbocycles. The van der Waals surface area contributed by atoms with Gasteiger partial charge in [0.15, 0.2) is 11.6 Å². The Labute approximate surface area is 150 Å². The van der Waals surface area contributed by atoms with E-state index in [4.69, 9.17) is 10.5 Å². The molecule has 0 radical (unpaired) electrons. The minimum atomic E-state index is -0.158. The van der Waals surface area contributed by atoms with Crippen LogP contribution in [0, 0.1) is 0 Å². The van der Waals surface area contributed by atoms with Crippen LogP contribution < -0.4 is 16.4 Å². The first kappa shape index (κ1) is 17.6. The first-order valence-corrected chi connectivity index (χ1v) is 8.16. The molecule has 1 fully saturated rings. The van der Waals surface area contributed by atoms with Crippen molar-refractivity contribution in [2.24, 2.45) is 15.7 Å². The van der Waals surface area contributed by atoms with Gasteiger partial charge < -0.3 is 25.5 Å². The van der Waals surface area contributed by atoms with Crippen molar-refractivity contribution in [2.75, 3.05) is 18.4 Å². The van der Waals surface area contributed by atoms with E-state index in [1.165, 1.54) is 6.92 Å². The Balaban J connectivity index is 1.66. The lowest BCUT2D eigenvalue weighted by Crippen LogP contribution is -2.48. The Morgan fingerprint density at radius 2 is 2.35 bits per heavy atom. The number of nitrogens with two attached hydrogens (primary N) is 1. The van der Waals surface area contributed by atoms with Crippen molar-refractivity contribution in [3.8, 4) is 0 Å². The van der Waals surface area contributed by atoms with E-state index in [1.54, 1.807) is 12.4 Å². The van der Waals surface area contributed by atoms with Crippen LogP contribution in [0.25, 0.3) is 5.65 Å². The number of nitrogens with one attached hydrogen (secondary N) is 2. The van der Waals surface area contributed by atoms with Gasteiger partial charge in [-0.2, -0.15) is 0 Å². The topological polar surface area (TPSA) is 118 Å². The minimum absolute atomic E-state index is 0.0608. The highest BCUT2D eigenvalue weighted by Gasteiger charge is 2.20. The van der Waals surface area contributed by atoms with Crippen molar-refractivity contribution in [3.05, 3.63) is 41.8 Å². The second kappa shape index (κ2) is 7.79. The summed E-state index contributed by atoms with van der Waals surface area (Å²) in [5.74, 6) is 0.802. The number of aromatic nitrogens is 2. The smallest absolute Gasteiger partial charge is 0.256 e. The fourth-order valence-electron chi connectivity index (χ4n) is 2.39. The molecule has 9 heteroatoms. The number of pyridine rings is 1. The molecule has 1 saturated heterocycles. The van der Waals surface area contributed by atoms with Crippen LogP contribution in [-0.4, -0.2) is 47.4 Å². The van der Waals surface area contributed by atoms with Gasteiger partial charge in [0.1, 0.15) is 11.8 Å². The molecular weight excluding hydrogens is 334 g/mol. The fourth-order valence-corrected chi connectivity index (χ4v) is 2.39. The first-order chi connectivity index (χ1) is 12.5. The molecule has 3 rings (SSSR count). The Bertz CT molecular complexity index is 880. The summed E-state index contributed by atoms with van der Waals surface area (Å²) in [6.45, 7) is 6.45. The highest BCUT2D eigenvalue weighted by Crippen LogP contribution is 2.13. The fraction of sp³-hybridized carbons (Fsp3) is 0.294. The molecule has 2 aromatic rings. The molecule has 1 aliphatic rings. The van der Waals surface area contributed by atoms with Crippen LogP contribution >= 0.6 is 0 Å². The third kappa shape index (κ3) is 4.25. The van der Waals surface area contributed by atoms with Crippen LogP contribution in [0.1, 0.15) is 12.5 Å². The van der Waals surface area contributed by atoms with E-state index in [0.29, 0.717) is 12.2 Å². The van der Waals surface area contributed by atoms with Crippen molar-refractivity contribution in [1.29, 1.82) is 0 Å². The number of carbonyl (C=O) groups excluding carboxylic acids is 1. The summed E-state index contributed by atoms with van der Waals surface area (Å²) in [7, 11) is 0. The summed E-state index contributed by atoms with van der Waals surface area (Å²) in [6.07, 6.45) is 6.00. The van der Waals surface area contributed by atoms with Gasteiger partial charge in [0.05, 0.1) is 6.20 Å². The van der Waals surface area contributed by atoms with Crippen LogP contribution in [0.4, 0.5) is 5.82 Å². The maximum absolute atomic E-state index is 11.1. The number of imidazole rings is 1. The molecule has 0 unspecified atom stereocenters. The van der Waals surface area contributed by atoms with Crippen molar-refractivity contribution in [3.63, 3.8) is 0 Å². The number of aliphatic imine (C=N–C) groups is 2. The van der Waals surface area contributed by atoms with Crippen LogP contribution in [0.15, 0.2) is 46.2 Å². The SMILES string of the molecule is C=N/C(OC1CNC1)=C(N)\N=C/Cc1ccc2nc(NC(C)=O)cn2c1. The number of hydrogen-bond acceptors (Lipinski definition) is 7. The van der Waals surface area contributed by atoms with Gasteiger partial charge in [-0.15, -0.1) is 0 Å². The predicted molar refractivity (Wildman–Crippen MR) is 100 cm³/mol. The van der Waals surface area contributed by atoms with E-state index >= 15 is 0 Å².